The van der Waals surface area contributed by atoms with E-state index in [1.165, 1.54) is 45.2 Å². The largest absolute Gasteiger partial charge is 0.391 e. The molecule has 0 aromatic heterocycles. The van der Waals surface area contributed by atoms with Crippen LogP contribution < -0.4 is 5.32 Å². The Morgan fingerprint density at radius 2 is 1.84 bits per heavy atom. The maximum atomic E-state index is 10.2. The van der Waals surface area contributed by atoms with Crippen LogP contribution in [0, 0.1) is 5.92 Å². The summed E-state index contributed by atoms with van der Waals surface area (Å²) in [5, 5.41) is 13.8. The summed E-state index contributed by atoms with van der Waals surface area (Å²) >= 11 is 0. The SMILES string of the molecule is CC(C)(C)NCC1CCCN(C2CCCCC2O)C1. The third kappa shape index (κ3) is 4.73. The third-order valence-electron chi connectivity index (χ3n) is 4.63. The molecule has 1 saturated heterocycles. The van der Waals surface area contributed by atoms with Gasteiger partial charge in [0.1, 0.15) is 0 Å². The summed E-state index contributed by atoms with van der Waals surface area (Å²) < 4.78 is 0. The zero-order valence-electron chi connectivity index (χ0n) is 13.0. The number of hydrogen-bond acceptors (Lipinski definition) is 3. The van der Waals surface area contributed by atoms with E-state index in [2.05, 4.69) is 31.0 Å². The highest BCUT2D eigenvalue weighted by Crippen LogP contribution is 2.27. The molecular weight excluding hydrogens is 236 g/mol. The fourth-order valence-corrected chi connectivity index (χ4v) is 3.53. The molecule has 0 amide bonds. The van der Waals surface area contributed by atoms with Crippen LogP contribution in [0.15, 0.2) is 0 Å². The molecule has 1 saturated carbocycles. The Labute approximate surface area is 118 Å². The summed E-state index contributed by atoms with van der Waals surface area (Å²) in [6.07, 6.45) is 7.25. The van der Waals surface area contributed by atoms with Crippen molar-refractivity contribution in [3.63, 3.8) is 0 Å². The van der Waals surface area contributed by atoms with Crippen LogP contribution in [0.3, 0.4) is 0 Å². The molecule has 3 unspecified atom stereocenters. The van der Waals surface area contributed by atoms with Gasteiger partial charge in [0.05, 0.1) is 6.10 Å². The normalized spacial score (nSPS) is 34.4. The molecule has 0 spiro atoms. The zero-order valence-corrected chi connectivity index (χ0v) is 13.0. The van der Waals surface area contributed by atoms with Gasteiger partial charge in [0, 0.05) is 18.1 Å². The van der Waals surface area contributed by atoms with Gasteiger partial charge in [-0.2, -0.15) is 0 Å². The van der Waals surface area contributed by atoms with Gasteiger partial charge in [-0.05, 0) is 65.5 Å². The number of nitrogens with one attached hydrogen (secondary N) is 1. The lowest BCUT2D eigenvalue weighted by Gasteiger charge is -2.42. The first-order valence-electron chi connectivity index (χ1n) is 8.13. The van der Waals surface area contributed by atoms with E-state index in [-0.39, 0.29) is 11.6 Å². The van der Waals surface area contributed by atoms with E-state index in [0.717, 1.165) is 18.9 Å². The topological polar surface area (TPSA) is 35.5 Å². The van der Waals surface area contributed by atoms with Crippen LogP contribution in [0.5, 0.6) is 0 Å². The third-order valence-corrected chi connectivity index (χ3v) is 4.63. The summed E-state index contributed by atoms with van der Waals surface area (Å²) in [7, 11) is 0. The Kier molecular flexibility index (Phi) is 5.27. The van der Waals surface area contributed by atoms with E-state index in [1.54, 1.807) is 0 Å². The summed E-state index contributed by atoms with van der Waals surface area (Å²) in [5.74, 6) is 0.752. The molecule has 1 heterocycles. The molecule has 19 heavy (non-hydrogen) atoms. The van der Waals surface area contributed by atoms with Crippen molar-refractivity contribution in [2.75, 3.05) is 19.6 Å². The lowest BCUT2D eigenvalue weighted by Crippen LogP contribution is -2.51. The molecule has 0 radical (unpaired) electrons. The molecule has 1 aliphatic carbocycles. The Hall–Kier alpha value is -0.120. The molecule has 0 bridgehead atoms. The average molecular weight is 268 g/mol. The van der Waals surface area contributed by atoms with Crippen LogP contribution in [0.4, 0.5) is 0 Å². The zero-order chi connectivity index (χ0) is 13.9. The minimum Gasteiger partial charge on any atom is -0.391 e. The highest BCUT2D eigenvalue weighted by atomic mass is 16.3. The van der Waals surface area contributed by atoms with E-state index in [1.807, 2.05) is 0 Å². The number of piperidine rings is 1. The number of rotatable bonds is 3. The second-order valence-corrected chi connectivity index (χ2v) is 7.55. The number of aliphatic hydroxyl groups is 1. The Morgan fingerprint density at radius 1 is 1.11 bits per heavy atom. The van der Waals surface area contributed by atoms with E-state index in [0.29, 0.717) is 6.04 Å². The van der Waals surface area contributed by atoms with Crippen LogP contribution in [0.25, 0.3) is 0 Å². The smallest absolute Gasteiger partial charge is 0.0695 e. The second kappa shape index (κ2) is 6.55. The number of hydrogen-bond donors (Lipinski definition) is 2. The molecular formula is C16H32N2O. The molecule has 3 nitrogen and oxygen atoms in total. The molecule has 0 aromatic carbocycles. The fraction of sp³-hybridized carbons (Fsp3) is 1.00. The molecule has 112 valence electrons. The number of aliphatic hydroxyl groups excluding tert-OH is 1. The van der Waals surface area contributed by atoms with Gasteiger partial charge in [0.25, 0.3) is 0 Å². The van der Waals surface area contributed by atoms with Crippen molar-refractivity contribution in [2.24, 2.45) is 5.92 Å². The summed E-state index contributed by atoms with van der Waals surface area (Å²) in [5.41, 5.74) is 0.215. The molecule has 0 aromatic rings. The van der Waals surface area contributed by atoms with Gasteiger partial charge in [-0.1, -0.05) is 12.8 Å². The first-order valence-corrected chi connectivity index (χ1v) is 8.13. The monoisotopic (exact) mass is 268 g/mol. The number of nitrogens with zero attached hydrogens (tertiary/aromatic N) is 1. The molecule has 2 N–H and O–H groups in total. The Balaban J connectivity index is 1.82. The molecule has 1 aliphatic heterocycles. The highest BCUT2D eigenvalue weighted by molar-refractivity contribution is 4.87. The first kappa shape index (κ1) is 15.3. The highest BCUT2D eigenvalue weighted by Gasteiger charge is 2.32. The average Bonchev–Trinajstić information content (AvgIpc) is 2.36. The van der Waals surface area contributed by atoms with Crippen molar-refractivity contribution in [3.05, 3.63) is 0 Å². The molecule has 3 heteroatoms. The maximum absolute atomic E-state index is 10.2. The van der Waals surface area contributed by atoms with Crippen LogP contribution in [0.2, 0.25) is 0 Å². The van der Waals surface area contributed by atoms with Gasteiger partial charge < -0.3 is 10.4 Å². The van der Waals surface area contributed by atoms with Crippen LogP contribution in [0.1, 0.15) is 59.3 Å². The number of likely N-dealkylation sites (tertiary alicyclic amines) is 1. The van der Waals surface area contributed by atoms with E-state index in [4.69, 9.17) is 0 Å². The quantitative estimate of drug-likeness (QED) is 0.825. The molecule has 2 fully saturated rings. The van der Waals surface area contributed by atoms with Crippen molar-refractivity contribution in [1.29, 1.82) is 0 Å². The van der Waals surface area contributed by atoms with Crippen LogP contribution in [-0.4, -0.2) is 47.3 Å². The summed E-state index contributed by atoms with van der Waals surface area (Å²) in [6, 6.07) is 0.436. The van der Waals surface area contributed by atoms with Gasteiger partial charge in [-0.15, -0.1) is 0 Å². The van der Waals surface area contributed by atoms with Crippen molar-refractivity contribution >= 4 is 0 Å². The standard InChI is InChI=1S/C16H32N2O/c1-16(2,3)17-11-13-7-6-10-18(12-13)14-8-4-5-9-15(14)19/h13-15,17,19H,4-12H2,1-3H3. The van der Waals surface area contributed by atoms with Gasteiger partial charge in [-0.3, -0.25) is 4.90 Å². The van der Waals surface area contributed by atoms with Gasteiger partial charge in [0.2, 0.25) is 0 Å². The van der Waals surface area contributed by atoms with Crippen molar-refractivity contribution in [1.82, 2.24) is 10.2 Å². The lowest BCUT2D eigenvalue weighted by molar-refractivity contribution is -0.000209. The van der Waals surface area contributed by atoms with Gasteiger partial charge in [-0.25, -0.2) is 0 Å². The predicted octanol–water partition coefficient (Wildman–Crippen LogP) is 2.39. The van der Waals surface area contributed by atoms with Crippen molar-refractivity contribution < 1.29 is 5.11 Å². The van der Waals surface area contributed by atoms with E-state index < -0.39 is 0 Å². The minimum atomic E-state index is -0.0805. The molecule has 3 atom stereocenters. The fourth-order valence-electron chi connectivity index (χ4n) is 3.53. The Morgan fingerprint density at radius 3 is 2.53 bits per heavy atom. The summed E-state index contributed by atoms with van der Waals surface area (Å²) in [6.45, 7) is 10.2. The van der Waals surface area contributed by atoms with Gasteiger partial charge >= 0.3 is 0 Å². The lowest BCUT2D eigenvalue weighted by atomic mass is 9.88. The summed E-state index contributed by atoms with van der Waals surface area (Å²) in [4.78, 5) is 2.57. The van der Waals surface area contributed by atoms with Crippen molar-refractivity contribution in [2.45, 2.75) is 77.0 Å². The van der Waals surface area contributed by atoms with Crippen LogP contribution >= 0.6 is 0 Å². The van der Waals surface area contributed by atoms with Gasteiger partial charge in [0.15, 0.2) is 0 Å². The molecule has 2 rings (SSSR count). The van der Waals surface area contributed by atoms with Crippen molar-refractivity contribution in [3.8, 4) is 0 Å². The Bertz CT molecular complexity index is 274. The molecule has 2 aliphatic rings. The first-order chi connectivity index (χ1) is 8.96. The maximum Gasteiger partial charge on any atom is 0.0695 e. The van der Waals surface area contributed by atoms with E-state index in [9.17, 15) is 5.11 Å². The van der Waals surface area contributed by atoms with Crippen LogP contribution in [-0.2, 0) is 0 Å². The second-order valence-electron chi connectivity index (χ2n) is 7.55. The predicted molar refractivity (Wildman–Crippen MR) is 80.3 cm³/mol. The minimum absolute atomic E-state index is 0.0805. The van der Waals surface area contributed by atoms with E-state index >= 15 is 0 Å².